The van der Waals surface area contributed by atoms with Crippen LogP contribution in [0.25, 0.3) is 28.3 Å². The number of aromatic nitrogens is 4. The van der Waals surface area contributed by atoms with Crippen molar-refractivity contribution in [3.05, 3.63) is 84.4 Å². The van der Waals surface area contributed by atoms with Gasteiger partial charge in [0, 0.05) is 30.6 Å². The molecule has 0 amide bonds. The monoisotopic (exact) mass is 562 g/mol. The molecule has 2 aromatic carbocycles. The van der Waals surface area contributed by atoms with E-state index in [1.54, 1.807) is 18.2 Å². The van der Waals surface area contributed by atoms with Crippen molar-refractivity contribution >= 4 is 21.6 Å². The molecule has 12 heteroatoms. The third-order valence-electron chi connectivity index (χ3n) is 6.10. The molecule has 0 bridgehead atoms. The number of hydrogen-bond acceptors (Lipinski definition) is 8. The first-order chi connectivity index (χ1) is 19.2. The number of benzene rings is 2. The zero-order valence-corrected chi connectivity index (χ0v) is 23.1. The van der Waals surface area contributed by atoms with Crippen molar-refractivity contribution in [2.24, 2.45) is 0 Å². The number of rotatable bonds is 9. The van der Waals surface area contributed by atoms with E-state index in [0.29, 0.717) is 34.0 Å². The first-order valence-electron chi connectivity index (χ1n) is 12.2. The fraction of sp³-hybridized carbons (Fsp3) is 0.179. The van der Waals surface area contributed by atoms with Gasteiger partial charge in [0.05, 0.1) is 36.2 Å². The van der Waals surface area contributed by atoms with Gasteiger partial charge in [0.15, 0.2) is 11.5 Å². The number of hydrogen-bond donors (Lipinski definition) is 1. The van der Waals surface area contributed by atoms with Gasteiger partial charge < -0.3 is 14.4 Å². The highest BCUT2D eigenvalue weighted by molar-refractivity contribution is 7.92. The minimum Gasteiger partial charge on any atom is -0.493 e. The van der Waals surface area contributed by atoms with Crippen LogP contribution in [-0.2, 0) is 16.6 Å². The smallest absolute Gasteiger partial charge is 0.264 e. The van der Waals surface area contributed by atoms with Crippen molar-refractivity contribution < 1.29 is 22.3 Å². The van der Waals surface area contributed by atoms with Gasteiger partial charge in [0.2, 0.25) is 5.95 Å². The van der Waals surface area contributed by atoms with E-state index in [0.717, 1.165) is 12.1 Å². The van der Waals surface area contributed by atoms with Crippen LogP contribution in [0.2, 0.25) is 0 Å². The number of ether oxygens (including phenoxy) is 2. The van der Waals surface area contributed by atoms with Gasteiger partial charge in [-0.15, -0.1) is 0 Å². The average Bonchev–Trinajstić information content (AvgIpc) is 3.31. The van der Waals surface area contributed by atoms with Crippen LogP contribution in [0.5, 0.6) is 11.5 Å². The topological polar surface area (TPSA) is 111 Å². The molecule has 0 aliphatic carbocycles. The highest BCUT2D eigenvalue weighted by Gasteiger charge is 2.21. The molecule has 0 saturated carbocycles. The summed E-state index contributed by atoms with van der Waals surface area (Å²) >= 11 is 0. The normalized spacial score (nSPS) is 11.7. The van der Waals surface area contributed by atoms with Gasteiger partial charge in [0.1, 0.15) is 11.5 Å². The van der Waals surface area contributed by atoms with Gasteiger partial charge in [0.25, 0.3) is 10.0 Å². The van der Waals surface area contributed by atoms with E-state index < -0.39 is 10.0 Å². The molecule has 40 heavy (non-hydrogen) atoms. The summed E-state index contributed by atoms with van der Waals surface area (Å²) in [4.78, 5) is 15.5. The Bertz CT molecular complexity index is 1790. The number of nitrogens with one attached hydrogen (secondary N) is 1. The number of anilines is 1. The van der Waals surface area contributed by atoms with Crippen molar-refractivity contribution in [1.82, 2.24) is 24.3 Å². The number of methoxy groups -OCH3 is 2. The van der Waals surface area contributed by atoms with Gasteiger partial charge in [-0.1, -0.05) is 0 Å². The minimum absolute atomic E-state index is 0.0469. The van der Waals surface area contributed by atoms with Crippen LogP contribution >= 0.6 is 0 Å². The molecule has 5 rings (SSSR count). The predicted molar refractivity (Wildman–Crippen MR) is 149 cm³/mol. The summed E-state index contributed by atoms with van der Waals surface area (Å²) in [6, 6.07) is 15.9. The van der Waals surface area contributed by atoms with Crippen LogP contribution in [0.4, 0.5) is 10.3 Å². The Morgan fingerprint density at radius 2 is 1.70 bits per heavy atom. The largest absolute Gasteiger partial charge is 0.493 e. The van der Waals surface area contributed by atoms with Gasteiger partial charge in [-0.3, -0.25) is 4.40 Å². The maximum Gasteiger partial charge on any atom is 0.264 e. The number of halogens is 1. The van der Waals surface area contributed by atoms with Crippen LogP contribution in [0.3, 0.4) is 0 Å². The Morgan fingerprint density at radius 1 is 0.950 bits per heavy atom. The second-order valence-corrected chi connectivity index (χ2v) is 10.9. The lowest BCUT2D eigenvalue weighted by Crippen LogP contribution is -2.15. The lowest BCUT2D eigenvalue weighted by atomic mass is 10.1. The maximum atomic E-state index is 13.7. The minimum atomic E-state index is -4.06. The fourth-order valence-corrected chi connectivity index (χ4v) is 5.27. The first kappa shape index (κ1) is 27.0. The highest BCUT2D eigenvalue weighted by Crippen LogP contribution is 2.33. The molecule has 3 heterocycles. The summed E-state index contributed by atoms with van der Waals surface area (Å²) in [7, 11) is 2.79. The second-order valence-electron chi connectivity index (χ2n) is 9.20. The van der Waals surface area contributed by atoms with E-state index >= 15 is 0 Å². The molecule has 0 aliphatic heterocycles. The lowest BCUT2D eigenvalue weighted by Gasteiger charge is -2.12. The number of pyridine rings is 1. The Labute approximate surface area is 231 Å². The molecular formula is C28H27FN6O4S. The van der Waals surface area contributed by atoms with E-state index in [1.807, 2.05) is 36.8 Å². The molecule has 1 N–H and O–H groups in total. The van der Waals surface area contributed by atoms with E-state index in [1.165, 1.54) is 50.7 Å². The quantitative estimate of drug-likeness (QED) is 0.280. The van der Waals surface area contributed by atoms with Crippen molar-refractivity contribution in [2.75, 3.05) is 33.0 Å². The van der Waals surface area contributed by atoms with Gasteiger partial charge in [-0.2, -0.15) is 0 Å². The molecule has 206 valence electrons. The molecule has 0 unspecified atom stereocenters. The summed E-state index contributed by atoms with van der Waals surface area (Å²) < 4.78 is 54.8. The maximum absolute atomic E-state index is 13.7. The fourth-order valence-electron chi connectivity index (χ4n) is 4.31. The van der Waals surface area contributed by atoms with E-state index in [-0.39, 0.29) is 22.4 Å². The summed E-state index contributed by atoms with van der Waals surface area (Å²) in [6.07, 6.45) is 3.35. The molecule has 0 saturated heterocycles. The third-order valence-corrected chi connectivity index (χ3v) is 7.42. The molecule has 5 aromatic rings. The molecule has 3 aromatic heterocycles. The highest BCUT2D eigenvalue weighted by atomic mass is 32.2. The molecule has 0 aliphatic rings. The number of imidazole rings is 1. The zero-order valence-electron chi connectivity index (χ0n) is 22.3. The average molecular weight is 563 g/mol. The molecule has 0 spiro atoms. The van der Waals surface area contributed by atoms with Crippen molar-refractivity contribution in [2.45, 2.75) is 11.4 Å². The van der Waals surface area contributed by atoms with Gasteiger partial charge >= 0.3 is 0 Å². The molecule has 0 radical (unpaired) electrons. The Kier molecular flexibility index (Phi) is 7.37. The molecule has 0 fully saturated rings. The van der Waals surface area contributed by atoms with E-state index in [4.69, 9.17) is 14.5 Å². The van der Waals surface area contributed by atoms with Crippen molar-refractivity contribution in [3.8, 4) is 34.1 Å². The summed E-state index contributed by atoms with van der Waals surface area (Å²) in [5.41, 5.74) is 4.00. The van der Waals surface area contributed by atoms with Crippen molar-refractivity contribution in [1.29, 1.82) is 0 Å². The predicted octanol–water partition coefficient (Wildman–Crippen LogP) is 4.48. The first-order valence-corrected chi connectivity index (χ1v) is 13.7. The van der Waals surface area contributed by atoms with Crippen LogP contribution in [-0.4, -0.2) is 61.0 Å². The summed E-state index contributed by atoms with van der Waals surface area (Å²) in [6.45, 7) is 0.722. The Balaban J connectivity index is 1.58. The number of nitrogens with zero attached hydrogens (tertiary/aromatic N) is 5. The van der Waals surface area contributed by atoms with Gasteiger partial charge in [-0.25, -0.2) is 32.5 Å². The SMILES string of the molecule is COc1ccc(S(=O)(=O)Nc2nccc(-c3c(-c4ccc(F)cc4)nc4cc(CN(C)C)ccn34)n2)cc1OC. The molecular weight excluding hydrogens is 535 g/mol. The van der Waals surface area contributed by atoms with E-state index in [2.05, 4.69) is 19.6 Å². The van der Waals surface area contributed by atoms with Crippen LogP contribution < -0.4 is 14.2 Å². The number of fused-ring (bicyclic) bond motifs is 1. The van der Waals surface area contributed by atoms with Crippen LogP contribution in [0.15, 0.2) is 78.0 Å². The van der Waals surface area contributed by atoms with Crippen LogP contribution in [0.1, 0.15) is 5.56 Å². The third kappa shape index (κ3) is 5.44. The lowest BCUT2D eigenvalue weighted by molar-refractivity contribution is 0.354. The second kappa shape index (κ2) is 10.9. The zero-order chi connectivity index (χ0) is 28.4. The summed E-state index contributed by atoms with van der Waals surface area (Å²) in [5, 5.41) is 0. The standard InChI is InChI=1S/C28H27FN6O4S/c1-34(2)17-18-12-14-35-25(15-18)32-26(19-5-7-20(29)8-6-19)27(35)22-11-13-30-28(31-22)33-40(36,37)21-9-10-23(38-3)24(16-21)39-4/h5-16H,17H2,1-4H3,(H,30,31,33). The van der Waals surface area contributed by atoms with E-state index in [9.17, 15) is 12.8 Å². The molecule has 0 atom stereocenters. The van der Waals surface area contributed by atoms with Gasteiger partial charge in [-0.05, 0) is 74.3 Å². The summed E-state index contributed by atoms with van der Waals surface area (Å²) in [5.74, 6) is 0.172. The molecule has 10 nitrogen and oxygen atoms in total. The van der Waals surface area contributed by atoms with Crippen LogP contribution in [0, 0.1) is 5.82 Å². The van der Waals surface area contributed by atoms with Crippen molar-refractivity contribution in [3.63, 3.8) is 0 Å². The number of sulfonamides is 1. The Morgan fingerprint density at radius 3 is 2.40 bits per heavy atom. The Hall–Kier alpha value is -4.55.